The molecule has 0 amide bonds. The zero-order valence-electron chi connectivity index (χ0n) is 13.9. The van der Waals surface area contributed by atoms with Gasteiger partial charge in [-0.05, 0) is 19.3 Å². The number of rotatable bonds is 9. The number of ether oxygens (including phenoxy) is 1. The van der Waals surface area contributed by atoms with Crippen molar-refractivity contribution < 1.29 is 4.74 Å². The summed E-state index contributed by atoms with van der Waals surface area (Å²) in [5.74, 6) is 8.70. The molecular weight excluding hydrogens is 266 g/mol. The Morgan fingerprint density at radius 2 is 1.76 bits per heavy atom. The van der Waals surface area contributed by atoms with E-state index >= 15 is 0 Å². The molecule has 1 heterocycles. The molecule has 1 rings (SSSR count). The largest absolute Gasteiger partial charge is 0.380 e. The molecule has 0 saturated heterocycles. The summed E-state index contributed by atoms with van der Waals surface area (Å²) in [5.41, 5.74) is 3.55. The predicted molar refractivity (Wildman–Crippen MR) is 87.4 cm³/mol. The third kappa shape index (κ3) is 5.85. The number of anilines is 2. The number of nitrogens with one attached hydrogen (secondary N) is 2. The lowest BCUT2D eigenvalue weighted by atomic mass is 10.1. The first-order chi connectivity index (χ1) is 9.95. The number of nitrogens with zero attached hydrogens (tertiary/aromatic N) is 2. The summed E-state index contributed by atoms with van der Waals surface area (Å²) in [6, 6.07) is 0. The molecule has 0 radical (unpaired) electrons. The number of nitrogens with two attached hydrogens (primary N) is 1. The summed E-state index contributed by atoms with van der Waals surface area (Å²) >= 11 is 0. The highest BCUT2D eigenvalue weighted by atomic mass is 16.5. The Hall–Kier alpha value is -1.40. The highest BCUT2D eigenvalue weighted by Gasteiger charge is 2.12. The average Bonchev–Trinajstić information content (AvgIpc) is 2.43. The molecule has 0 unspecified atom stereocenters. The highest BCUT2D eigenvalue weighted by molar-refractivity contribution is 5.56. The van der Waals surface area contributed by atoms with Crippen LogP contribution in [0.25, 0.3) is 0 Å². The first-order valence-corrected chi connectivity index (χ1v) is 7.62. The SMILES string of the molecule is Cc1c(NN)nc(C(C)C)nc1NCCOCCC(C)C. The molecule has 21 heavy (non-hydrogen) atoms. The van der Waals surface area contributed by atoms with Gasteiger partial charge in [-0.3, -0.25) is 0 Å². The molecule has 0 spiro atoms. The molecular formula is C15H29N5O. The number of hydrazine groups is 1. The van der Waals surface area contributed by atoms with Crippen molar-refractivity contribution in [3.8, 4) is 0 Å². The second-order valence-corrected chi connectivity index (χ2v) is 5.92. The lowest BCUT2D eigenvalue weighted by Crippen LogP contribution is -2.17. The van der Waals surface area contributed by atoms with Gasteiger partial charge in [-0.2, -0.15) is 0 Å². The van der Waals surface area contributed by atoms with E-state index in [0.717, 1.165) is 36.8 Å². The minimum absolute atomic E-state index is 0.251. The van der Waals surface area contributed by atoms with Crippen LogP contribution in [0.15, 0.2) is 0 Å². The Bertz CT molecular complexity index is 434. The summed E-state index contributed by atoms with van der Waals surface area (Å²) in [6.07, 6.45) is 1.09. The smallest absolute Gasteiger partial charge is 0.148 e. The Morgan fingerprint density at radius 3 is 2.33 bits per heavy atom. The molecule has 0 aromatic carbocycles. The Morgan fingerprint density at radius 1 is 1.10 bits per heavy atom. The number of hydrogen-bond donors (Lipinski definition) is 3. The highest BCUT2D eigenvalue weighted by Crippen LogP contribution is 2.22. The predicted octanol–water partition coefficient (Wildman–Crippen LogP) is 2.67. The van der Waals surface area contributed by atoms with Crippen molar-refractivity contribution in [3.05, 3.63) is 11.4 Å². The van der Waals surface area contributed by atoms with E-state index < -0.39 is 0 Å². The maximum Gasteiger partial charge on any atom is 0.148 e. The van der Waals surface area contributed by atoms with E-state index in [1.807, 2.05) is 6.92 Å². The van der Waals surface area contributed by atoms with E-state index in [4.69, 9.17) is 10.6 Å². The lowest BCUT2D eigenvalue weighted by molar-refractivity contribution is 0.132. The van der Waals surface area contributed by atoms with Gasteiger partial charge in [0, 0.05) is 24.6 Å². The van der Waals surface area contributed by atoms with Crippen LogP contribution in [-0.2, 0) is 4.74 Å². The van der Waals surface area contributed by atoms with Crippen molar-refractivity contribution in [1.82, 2.24) is 9.97 Å². The summed E-state index contributed by atoms with van der Waals surface area (Å²) in [4.78, 5) is 8.96. The molecule has 4 N–H and O–H groups in total. The molecule has 120 valence electrons. The second-order valence-electron chi connectivity index (χ2n) is 5.92. The zero-order valence-corrected chi connectivity index (χ0v) is 13.9. The van der Waals surface area contributed by atoms with Crippen molar-refractivity contribution in [3.63, 3.8) is 0 Å². The van der Waals surface area contributed by atoms with Gasteiger partial charge in [0.2, 0.25) is 0 Å². The van der Waals surface area contributed by atoms with Gasteiger partial charge in [0.15, 0.2) is 0 Å². The molecule has 0 aliphatic rings. The maximum atomic E-state index is 5.59. The van der Waals surface area contributed by atoms with Crippen molar-refractivity contribution >= 4 is 11.6 Å². The number of nitrogen functional groups attached to an aromatic ring is 1. The number of aromatic nitrogens is 2. The fourth-order valence-corrected chi connectivity index (χ4v) is 1.77. The van der Waals surface area contributed by atoms with Gasteiger partial charge in [0.25, 0.3) is 0 Å². The summed E-state index contributed by atoms with van der Waals surface area (Å²) in [5, 5.41) is 3.30. The molecule has 1 aromatic rings. The van der Waals surface area contributed by atoms with Gasteiger partial charge >= 0.3 is 0 Å². The molecule has 0 aliphatic carbocycles. The molecule has 0 bridgehead atoms. The Kier molecular flexibility index (Phi) is 7.39. The van der Waals surface area contributed by atoms with Gasteiger partial charge in [-0.1, -0.05) is 27.7 Å². The van der Waals surface area contributed by atoms with Crippen LogP contribution in [0.4, 0.5) is 11.6 Å². The standard InChI is InChI=1S/C15H29N5O/c1-10(2)6-8-21-9-7-17-14-12(5)15(20-16)19-13(18-14)11(3)4/h10-11H,6-9,16H2,1-5H3,(H2,17,18,19,20). The van der Waals surface area contributed by atoms with Gasteiger partial charge < -0.3 is 15.5 Å². The Balaban J connectivity index is 2.55. The van der Waals surface area contributed by atoms with Crippen molar-refractivity contribution in [2.24, 2.45) is 11.8 Å². The van der Waals surface area contributed by atoms with Crippen LogP contribution in [0.2, 0.25) is 0 Å². The van der Waals surface area contributed by atoms with Gasteiger partial charge in [-0.25, -0.2) is 15.8 Å². The maximum absolute atomic E-state index is 5.59. The summed E-state index contributed by atoms with van der Waals surface area (Å²) < 4.78 is 5.59. The van der Waals surface area contributed by atoms with Crippen molar-refractivity contribution in [1.29, 1.82) is 0 Å². The van der Waals surface area contributed by atoms with E-state index in [2.05, 4.69) is 48.4 Å². The number of hydrogen-bond acceptors (Lipinski definition) is 6. The fraction of sp³-hybridized carbons (Fsp3) is 0.733. The summed E-state index contributed by atoms with van der Waals surface area (Å²) in [6.45, 7) is 12.6. The van der Waals surface area contributed by atoms with Crippen LogP contribution in [0.3, 0.4) is 0 Å². The molecule has 0 fully saturated rings. The topological polar surface area (TPSA) is 85.1 Å². The van der Waals surface area contributed by atoms with Crippen LogP contribution in [0.5, 0.6) is 0 Å². The molecule has 6 heteroatoms. The zero-order chi connectivity index (χ0) is 15.8. The molecule has 1 aromatic heterocycles. The average molecular weight is 295 g/mol. The first-order valence-electron chi connectivity index (χ1n) is 7.62. The van der Waals surface area contributed by atoms with Crippen LogP contribution < -0.4 is 16.6 Å². The quantitative estimate of drug-likeness (QED) is 0.369. The van der Waals surface area contributed by atoms with Gasteiger partial charge in [0.05, 0.1) is 6.61 Å². The third-order valence-electron chi connectivity index (χ3n) is 3.19. The van der Waals surface area contributed by atoms with E-state index in [1.54, 1.807) is 0 Å². The van der Waals surface area contributed by atoms with Crippen molar-refractivity contribution in [2.75, 3.05) is 30.5 Å². The summed E-state index contributed by atoms with van der Waals surface area (Å²) in [7, 11) is 0. The lowest BCUT2D eigenvalue weighted by Gasteiger charge is -2.15. The molecule has 0 aliphatic heterocycles. The molecule has 0 saturated carbocycles. The van der Waals surface area contributed by atoms with Crippen LogP contribution in [-0.4, -0.2) is 29.7 Å². The van der Waals surface area contributed by atoms with Gasteiger partial charge in [0.1, 0.15) is 17.5 Å². The minimum atomic E-state index is 0.251. The first kappa shape index (κ1) is 17.7. The van der Waals surface area contributed by atoms with Crippen molar-refractivity contribution in [2.45, 2.75) is 47.0 Å². The fourth-order valence-electron chi connectivity index (χ4n) is 1.77. The third-order valence-corrected chi connectivity index (χ3v) is 3.19. The Labute approximate surface area is 127 Å². The minimum Gasteiger partial charge on any atom is -0.380 e. The molecule has 0 atom stereocenters. The second kappa shape index (κ2) is 8.79. The monoisotopic (exact) mass is 295 g/mol. The molecule has 6 nitrogen and oxygen atoms in total. The van der Waals surface area contributed by atoms with Crippen LogP contribution >= 0.6 is 0 Å². The van der Waals surface area contributed by atoms with E-state index in [1.165, 1.54) is 0 Å². The van der Waals surface area contributed by atoms with E-state index in [0.29, 0.717) is 18.3 Å². The van der Waals surface area contributed by atoms with E-state index in [-0.39, 0.29) is 5.92 Å². The normalized spacial score (nSPS) is 11.2. The van der Waals surface area contributed by atoms with Gasteiger partial charge in [-0.15, -0.1) is 0 Å². The van der Waals surface area contributed by atoms with Crippen LogP contribution in [0.1, 0.15) is 51.4 Å². The van der Waals surface area contributed by atoms with E-state index in [9.17, 15) is 0 Å². The van der Waals surface area contributed by atoms with Crippen LogP contribution in [0, 0.1) is 12.8 Å².